The summed E-state index contributed by atoms with van der Waals surface area (Å²) < 4.78 is 0. The summed E-state index contributed by atoms with van der Waals surface area (Å²) in [5.41, 5.74) is 7.66. The van der Waals surface area contributed by atoms with Crippen molar-refractivity contribution in [3.05, 3.63) is 65.0 Å². The van der Waals surface area contributed by atoms with E-state index in [1.165, 1.54) is 67.5 Å². The van der Waals surface area contributed by atoms with Crippen LogP contribution >= 0.6 is 0 Å². The lowest BCUT2D eigenvalue weighted by atomic mass is 9.94. The van der Waals surface area contributed by atoms with Crippen molar-refractivity contribution in [2.45, 2.75) is 58.8 Å². The highest BCUT2D eigenvalue weighted by Crippen LogP contribution is 2.28. The first kappa shape index (κ1) is 23.2. The van der Waals surface area contributed by atoms with Crippen LogP contribution in [-0.4, -0.2) is 38.3 Å². The maximum atomic E-state index is 4.03. The summed E-state index contributed by atoms with van der Waals surface area (Å²) in [5, 5.41) is 3.06. The smallest absolute Gasteiger partial charge is 0.0448 e. The van der Waals surface area contributed by atoms with Gasteiger partial charge in [0.25, 0.3) is 0 Å². The molecule has 1 aliphatic heterocycles. The van der Waals surface area contributed by atoms with Gasteiger partial charge in [-0.3, -0.25) is 9.89 Å². The molecule has 2 aliphatic rings. The van der Waals surface area contributed by atoms with Gasteiger partial charge in [0.1, 0.15) is 0 Å². The van der Waals surface area contributed by atoms with E-state index in [2.05, 4.69) is 72.7 Å². The molecule has 0 atom stereocenters. The standard InChI is InChI=1S/C16H23N.C10H16N2/c1-3-4-11-17-12-9-16(10-13-17)15-7-5-14(2)6-8-15;1-8(11-2)9-6-4-5-7-10(9)12-3/h5-9H,3-4,10-13H2,1-2H3;11H,1,3-7H2,2H3. The number of hydrogen-bond donors (Lipinski definition) is 1. The number of aliphatic imine (C=N–C) groups is 1. The van der Waals surface area contributed by atoms with Crippen molar-refractivity contribution in [3.8, 4) is 0 Å². The third-order valence-electron chi connectivity index (χ3n) is 5.84. The Morgan fingerprint density at radius 2 is 1.86 bits per heavy atom. The van der Waals surface area contributed by atoms with Gasteiger partial charge in [-0.15, -0.1) is 0 Å². The normalized spacial score (nSPS) is 17.1. The van der Waals surface area contributed by atoms with Crippen molar-refractivity contribution >= 4 is 12.3 Å². The molecule has 158 valence electrons. The number of unbranched alkanes of at least 4 members (excludes halogenated alkanes) is 1. The summed E-state index contributed by atoms with van der Waals surface area (Å²) in [6.45, 7) is 15.5. The molecule has 29 heavy (non-hydrogen) atoms. The maximum Gasteiger partial charge on any atom is 0.0448 e. The van der Waals surface area contributed by atoms with Crippen LogP contribution in [-0.2, 0) is 0 Å². The minimum Gasteiger partial charge on any atom is -0.388 e. The van der Waals surface area contributed by atoms with Crippen LogP contribution in [0.15, 0.2) is 58.9 Å². The minimum atomic E-state index is 0.997. The van der Waals surface area contributed by atoms with Crippen LogP contribution in [0.2, 0.25) is 0 Å². The van der Waals surface area contributed by atoms with E-state index in [0.717, 1.165) is 30.8 Å². The van der Waals surface area contributed by atoms with Crippen molar-refractivity contribution in [1.29, 1.82) is 0 Å². The highest BCUT2D eigenvalue weighted by molar-refractivity contribution is 5.66. The largest absolute Gasteiger partial charge is 0.388 e. The molecule has 0 saturated carbocycles. The third-order valence-corrected chi connectivity index (χ3v) is 5.84. The van der Waals surface area contributed by atoms with Crippen molar-refractivity contribution < 1.29 is 0 Å². The number of aryl methyl sites for hydroxylation is 1. The summed E-state index contributed by atoms with van der Waals surface area (Å²) in [6.07, 6.45) is 10.9. The number of hydrogen-bond acceptors (Lipinski definition) is 3. The molecule has 0 amide bonds. The zero-order valence-corrected chi connectivity index (χ0v) is 18.8. The Hall–Kier alpha value is -2.13. The average Bonchev–Trinajstić information content (AvgIpc) is 2.78. The molecule has 1 heterocycles. The average molecular weight is 394 g/mol. The Morgan fingerprint density at radius 1 is 1.14 bits per heavy atom. The SMILES string of the molecule is C=NC1=C(C(=C)NC)CCCC1.CCCCN1CC=C(c2ccc(C)cc2)CC1. The Balaban J connectivity index is 0.000000221. The monoisotopic (exact) mass is 393 g/mol. The molecule has 3 nitrogen and oxygen atoms in total. The molecule has 1 aromatic rings. The van der Waals surface area contributed by atoms with Gasteiger partial charge < -0.3 is 5.32 Å². The molecule has 0 bridgehead atoms. The van der Waals surface area contributed by atoms with Crippen molar-refractivity contribution in [1.82, 2.24) is 10.2 Å². The highest BCUT2D eigenvalue weighted by atomic mass is 15.1. The number of likely N-dealkylation sites (N-methyl/N-ethyl adjacent to an activating group) is 1. The van der Waals surface area contributed by atoms with E-state index in [1.54, 1.807) is 0 Å². The lowest BCUT2D eigenvalue weighted by Crippen LogP contribution is -2.29. The Bertz CT molecular complexity index is 725. The molecule has 0 radical (unpaired) electrons. The Kier molecular flexibility index (Phi) is 9.93. The molecule has 0 fully saturated rings. The summed E-state index contributed by atoms with van der Waals surface area (Å²) in [7, 11) is 1.89. The minimum absolute atomic E-state index is 0.997. The molecule has 1 N–H and O–H groups in total. The first-order valence-electron chi connectivity index (χ1n) is 11.1. The van der Waals surface area contributed by atoms with Gasteiger partial charge in [-0.25, -0.2) is 0 Å². The van der Waals surface area contributed by atoms with Crippen LogP contribution in [0.3, 0.4) is 0 Å². The fourth-order valence-corrected chi connectivity index (χ4v) is 3.87. The van der Waals surface area contributed by atoms with Crippen molar-refractivity contribution in [2.75, 3.05) is 26.7 Å². The van der Waals surface area contributed by atoms with Crippen LogP contribution in [0.5, 0.6) is 0 Å². The van der Waals surface area contributed by atoms with E-state index in [0.29, 0.717) is 0 Å². The predicted molar refractivity (Wildman–Crippen MR) is 128 cm³/mol. The van der Waals surface area contributed by atoms with E-state index < -0.39 is 0 Å². The Labute approximate surface area is 178 Å². The molecule has 0 aromatic heterocycles. The molecule has 3 rings (SSSR count). The van der Waals surface area contributed by atoms with Crippen LogP contribution in [0.1, 0.15) is 63.0 Å². The van der Waals surface area contributed by atoms with Gasteiger partial charge in [-0.1, -0.05) is 55.8 Å². The van der Waals surface area contributed by atoms with Crippen LogP contribution in [0.25, 0.3) is 5.57 Å². The second-order valence-electron chi connectivity index (χ2n) is 8.02. The van der Waals surface area contributed by atoms with E-state index in [9.17, 15) is 0 Å². The van der Waals surface area contributed by atoms with Gasteiger partial charge in [0.05, 0.1) is 0 Å². The lowest BCUT2D eigenvalue weighted by Gasteiger charge is -2.26. The first-order valence-corrected chi connectivity index (χ1v) is 11.1. The van der Waals surface area contributed by atoms with E-state index in [4.69, 9.17) is 0 Å². The molecule has 1 aliphatic carbocycles. The highest BCUT2D eigenvalue weighted by Gasteiger charge is 2.13. The van der Waals surface area contributed by atoms with Gasteiger partial charge in [-0.2, -0.15) is 0 Å². The first-order chi connectivity index (χ1) is 14.1. The number of allylic oxidation sites excluding steroid dienone is 2. The molecule has 0 spiro atoms. The second-order valence-corrected chi connectivity index (χ2v) is 8.02. The summed E-state index contributed by atoms with van der Waals surface area (Å²) >= 11 is 0. The summed E-state index contributed by atoms with van der Waals surface area (Å²) in [6, 6.07) is 8.92. The second kappa shape index (κ2) is 12.4. The van der Waals surface area contributed by atoms with Crippen LogP contribution in [0.4, 0.5) is 0 Å². The van der Waals surface area contributed by atoms with E-state index in [-0.39, 0.29) is 0 Å². The van der Waals surface area contributed by atoms with Gasteiger partial charge in [0, 0.05) is 31.5 Å². The lowest BCUT2D eigenvalue weighted by molar-refractivity contribution is 0.297. The zero-order chi connectivity index (χ0) is 21.1. The summed E-state index contributed by atoms with van der Waals surface area (Å²) in [4.78, 5) is 6.58. The maximum absolute atomic E-state index is 4.03. The third kappa shape index (κ3) is 7.32. The Morgan fingerprint density at radius 3 is 2.45 bits per heavy atom. The summed E-state index contributed by atoms with van der Waals surface area (Å²) in [5.74, 6) is 0. The predicted octanol–water partition coefficient (Wildman–Crippen LogP) is 6.13. The van der Waals surface area contributed by atoms with Crippen molar-refractivity contribution in [2.24, 2.45) is 4.99 Å². The topological polar surface area (TPSA) is 27.6 Å². The molecule has 1 aromatic carbocycles. The van der Waals surface area contributed by atoms with Gasteiger partial charge >= 0.3 is 0 Å². The van der Waals surface area contributed by atoms with Crippen LogP contribution < -0.4 is 5.32 Å². The van der Waals surface area contributed by atoms with E-state index >= 15 is 0 Å². The number of benzene rings is 1. The molecular weight excluding hydrogens is 354 g/mol. The zero-order valence-electron chi connectivity index (χ0n) is 18.8. The van der Waals surface area contributed by atoms with Crippen LogP contribution in [0, 0.1) is 6.92 Å². The molecule has 3 heteroatoms. The molecule has 0 unspecified atom stereocenters. The van der Waals surface area contributed by atoms with Gasteiger partial charge in [0.15, 0.2) is 0 Å². The van der Waals surface area contributed by atoms with Gasteiger partial charge in [-0.05, 0) is 75.4 Å². The fraction of sp³-hybridized carbons (Fsp3) is 0.500. The fourth-order valence-electron chi connectivity index (χ4n) is 3.87. The van der Waals surface area contributed by atoms with E-state index in [1.807, 2.05) is 7.05 Å². The number of nitrogens with zero attached hydrogens (tertiary/aromatic N) is 2. The number of nitrogens with one attached hydrogen (secondary N) is 1. The van der Waals surface area contributed by atoms with Crippen molar-refractivity contribution in [3.63, 3.8) is 0 Å². The van der Waals surface area contributed by atoms with Gasteiger partial charge in [0.2, 0.25) is 0 Å². The molecular formula is C26H39N3. The quantitative estimate of drug-likeness (QED) is 0.564. The molecule has 0 saturated heterocycles. The number of rotatable bonds is 7.